The molecule has 0 aromatic rings. The largest absolute Gasteiger partial charge is 0.467 e. The zero-order valence-corrected chi connectivity index (χ0v) is 14.0. The van der Waals surface area contributed by atoms with E-state index in [1.807, 2.05) is 19.9 Å². The van der Waals surface area contributed by atoms with Gasteiger partial charge in [-0.05, 0) is 39.0 Å². The summed E-state index contributed by atoms with van der Waals surface area (Å²) in [5, 5.41) is 0. The Morgan fingerprint density at radius 1 is 1.45 bits per heavy atom. The maximum absolute atomic E-state index is 12.5. The first-order valence-electron chi connectivity index (χ1n) is 8.17. The molecule has 0 saturated carbocycles. The first-order valence-corrected chi connectivity index (χ1v) is 8.17. The lowest BCUT2D eigenvalue weighted by Crippen LogP contribution is -2.42. The third-order valence-electron chi connectivity index (χ3n) is 4.11. The number of ether oxygens (including phenoxy) is 2. The number of carbonyl (C=O) groups is 2. The Morgan fingerprint density at radius 2 is 2.18 bits per heavy atom. The fourth-order valence-electron chi connectivity index (χ4n) is 2.80. The molecule has 1 aliphatic heterocycles. The highest BCUT2D eigenvalue weighted by Gasteiger charge is 2.35. The van der Waals surface area contributed by atoms with Gasteiger partial charge in [0.1, 0.15) is 6.04 Å². The van der Waals surface area contributed by atoms with E-state index in [9.17, 15) is 9.59 Å². The summed E-state index contributed by atoms with van der Waals surface area (Å²) in [7, 11) is 1.36. The number of methoxy groups -OCH3 is 1. The number of allylic oxidation sites excluding steroid dienone is 1. The van der Waals surface area contributed by atoms with E-state index >= 15 is 0 Å². The van der Waals surface area contributed by atoms with Crippen molar-refractivity contribution in [3.05, 3.63) is 12.7 Å². The lowest BCUT2D eigenvalue weighted by molar-refractivity contribution is -0.152. The molecule has 0 aromatic heterocycles. The quantitative estimate of drug-likeness (QED) is 0.485. The fraction of sp³-hybridized carbons (Fsp3) is 0.765. The van der Waals surface area contributed by atoms with E-state index < -0.39 is 6.04 Å². The number of rotatable bonds is 9. The summed E-state index contributed by atoms with van der Waals surface area (Å²) in [6.07, 6.45) is 6.31. The molecule has 1 fully saturated rings. The van der Waals surface area contributed by atoms with Crippen molar-refractivity contribution < 1.29 is 19.1 Å². The highest BCUT2D eigenvalue weighted by Crippen LogP contribution is 2.21. The van der Waals surface area contributed by atoms with Gasteiger partial charge in [0.2, 0.25) is 5.91 Å². The van der Waals surface area contributed by atoms with Crippen molar-refractivity contribution in [3.8, 4) is 0 Å². The van der Waals surface area contributed by atoms with Crippen molar-refractivity contribution in [1.29, 1.82) is 0 Å². The average molecular weight is 311 g/mol. The summed E-state index contributed by atoms with van der Waals surface area (Å²) in [6.45, 7) is 8.36. The van der Waals surface area contributed by atoms with Crippen LogP contribution in [0.15, 0.2) is 12.7 Å². The smallest absolute Gasteiger partial charge is 0.328 e. The molecule has 2 unspecified atom stereocenters. The molecule has 1 heterocycles. The van der Waals surface area contributed by atoms with Crippen LogP contribution in [0.2, 0.25) is 0 Å². The molecular weight excluding hydrogens is 282 g/mol. The van der Waals surface area contributed by atoms with Crippen molar-refractivity contribution in [2.24, 2.45) is 0 Å². The molecule has 0 aromatic carbocycles. The van der Waals surface area contributed by atoms with Crippen molar-refractivity contribution in [2.75, 3.05) is 13.7 Å². The molecule has 5 heteroatoms. The Balaban J connectivity index is 2.53. The predicted octanol–water partition coefficient (Wildman–Crippen LogP) is 2.69. The fourth-order valence-corrected chi connectivity index (χ4v) is 2.80. The molecule has 1 rings (SSSR count). The SMILES string of the molecule is C=CCC[C@@H](C)OC(CC)CC(=O)N1CCCC1C(=O)OC. The number of amides is 1. The zero-order valence-electron chi connectivity index (χ0n) is 14.0. The predicted molar refractivity (Wildman–Crippen MR) is 85.4 cm³/mol. The average Bonchev–Trinajstić information content (AvgIpc) is 3.00. The standard InChI is InChI=1S/C17H29NO4/c1-5-7-9-13(3)22-14(6-2)12-16(19)18-11-8-10-15(18)17(20)21-4/h5,13-15H,1,6-12H2,2-4H3/t13-,14?,15?/m1/s1. The van der Waals surface area contributed by atoms with Gasteiger partial charge in [-0.2, -0.15) is 0 Å². The molecule has 5 nitrogen and oxygen atoms in total. The molecule has 3 atom stereocenters. The second kappa shape index (κ2) is 9.62. The summed E-state index contributed by atoms with van der Waals surface area (Å²) in [4.78, 5) is 25.8. The number of carbonyl (C=O) groups excluding carboxylic acids is 2. The Kier molecular flexibility index (Phi) is 8.17. The van der Waals surface area contributed by atoms with Gasteiger partial charge < -0.3 is 14.4 Å². The molecular formula is C17H29NO4. The van der Waals surface area contributed by atoms with Crippen LogP contribution in [0.3, 0.4) is 0 Å². The number of hydrogen-bond donors (Lipinski definition) is 0. The van der Waals surface area contributed by atoms with Gasteiger partial charge in [0.25, 0.3) is 0 Å². The first kappa shape index (κ1) is 18.7. The van der Waals surface area contributed by atoms with Gasteiger partial charge in [-0.1, -0.05) is 13.0 Å². The third kappa shape index (κ3) is 5.44. The summed E-state index contributed by atoms with van der Waals surface area (Å²) in [6, 6.07) is -0.423. The van der Waals surface area contributed by atoms with Crippen LogP contribution >= 0.6 is 0 Å². The number of hydrogen-bond acceptors (Lipinski definition) is 4. The van der Waals surface area contributed by atoms with Gasteiger partial charge in [0.15, 0.2) is 0 Å². The minimum Gasteiger partial charge on any atom is -0.467 e. The number of likely N-dealkylation sites (tertiary alicyclic amines) is 1. The highest BCUT2D eigenvalue weighted by atomic mass is 16.5. The van der Waals surface area contributed by atoms with Gasteiger partial charge in [-0.25, -0.2) is 4.79 Å². The van der Waals surface area contributed by atoms with Crippen LogP contribution in [-0.2, 0) is 19.1 Å². The monoisotopic (exact) mass is 311 g/mol. The lowest BCUT2D eigenvalue weighted by Gasteiger charge is -2.26. The van der Waals surface area contributed by atoms with Crippen LogP contribution in [0.5, 0.6) is 0 Å². The summed E-state index contributed by atoms with van der Waals surface area (Å²) < 4.78 is 10.7. The molecule has 126 valence electrons. The van der Waals surface area contributed by atoms with E-state index in [0.29, 0.717) is 19.4 Å². The van der Waals surface area contributed by atoms with E-state index in [-0.39, 0.29) is 24.1 Å². The second-order valence-corrected chi connectivity index (χ2v) is 5.82. The zero-order chi connectivity index (χ0) is 16.5. The Bertz CT molecular complexity index is 383. The highest BCUT2D eigenvalue weighted by molar-refractivity contribution is 5.85. The van der Waals surface area contributed by atoms with Gasteiger partial charge in [0.05, 0.1) is 25.7 Å². The van der Waals surface area contributed by atoms with Crippen LogP contribution in [-0.4, -0.2) is 48.7 Å². The number of nitrogens with zero attached hydrogens (tertiary/aromatic N) is 1. The normalized spacial score (nSPS) is 20.5. The van der Waals surface area contributed by atoms with Crippen LogP contribution in [0.1, 0.15) is 52.4 Å². The Labute approximate surface area is 133 Å². The molecule has 0 bridgehead atoms. The maximum atomic E-state index is 12.5. The van der Waals surface area contributed by atoms with Crippen LogP contribution in [0, 0.1) is 0 Å². The van der Waals surface area contributed by atoms with Crippen molar-refractivity contribution >= 4 is 11.9 Å². The van der Waals surface area contributed by atoms with E-state index in [2.05, 4.69) is 6.58 Å². The molecule has 1 amide bonds. The molecule has 1 aliphatic rings. The van der Waals surface area contributed by atoms with Gasteiger partial charge >= 0.3 is 5.97 Å². The lowest BCUT2D eigenvalue weighted by atomic mass is 10.1. The summed E-state index contributed by atoms with van der Waals surface area (Å²) in [5.74, 6) is -0.338. The van der Waals surface area contributed by atoms with Crippen molar-refractivity contribution in [2.45, 2.75) is 70.6 Å². The third-order valence-corrected chi connectivity index (χ3v) is 4.11. The summed E-state index contributed by atoms with van der Waals surface area (Å²) >= 11 is 0. The van der Waals surface area contributed by atoms with E-state index in [4.69, 9.17) is 9.47 Å². The molecule has 0 aliphatic carbocycles. The topological polar surface area (TPSA) is 55.8 Å². The first-order chi connectivity index (χ1) is 10.5. The maximum Gasteiger partial charge on any atom is 0.328 e. The van der Waals surface area contributed by atoms with Gasteiger partial charge in [-0.15, -0.1) is 6.58 Å². The van der Waals surface area contributed by atoms with Crippen LogP contribution in [0.25, 0.3) is 0 Å². The van der Waals surface area contributed by atoms with E-state index in [1.54, 1.807) is 4.90 Å². The second-order valence-electron chi connectivity index (χ2n) is 5.82. The molecule has 0 N–H and O–H groups in total. The molecule has 0 radical (unpaired) electrons. The molecule has 22 heavy (non-hydrogen) atoms. The minimum absolute atomic E-state index is 0.0179. The van der Waals surface area contributed by atoms with Gasteiger partial charge in [0, 0.05) is 6.54 Å². The van der Waals surface area contributed by atoms with Crippen LogP contribution < -0.4 is 0 Å². The van der Waals surface area contributed by atoms with Gasteiger partial charge in [-0.3, -0.25) is 4.79 Å². The molecule has 0 spiro atoms. The van der Waals surface area contributed by atoms with Crippen molar-refractivity contribution in [1.82, 2.24) is 4.90 Å². The Hall–Kier alpha value is -1.36. The minimum atomic E-state index is -0.423. The van der Waals surface area contributed by atoms with Crippen molar-refractivity contribution in [3.63, 3.8) is 0 Å². The molecule has 1 saturated heterocycles. The number of esters is 1. The van der Waals surface area contributed by atoms with Crippen LogP contribution in [0.4, 0.5) is 0 Å². The Morgan fingerprint density at radius 3 is 2.77 bits per heavy atom. The van der Waals surface area contributed by atoms with E-state index in [0.717, 1.165) is 25.7 Å². The van der Waals surface area contributed by atoms with E-state index in [1.165, 1.54) is 7.11 Å². The summed E-state index contributed by atoms with van der Waals surface area (Å²) in [5.41, 5.74) is 0.